The molecular weight excluding hydrogens is 512 g/mol. The molecule has 0 aliphatic carbocycles. The first kappa shape index (κ1) is 24.3. The average Bonchev–Trinajstić information content (AvgIpc) is 3.22. The van der Waals surface area contributed by atoms with E-state index in [9.17, 15) is 4.79 Å². The van der Waals surface area contributed by atoms with Crippen molar-refractivity contribution in [3.05, 3.63) is 52.5 Å². The third kappa shape index (κ3) is 5.86. The maximum absolute atomic E-state index is 12.3. The molecule has 35 heavy (non-hydrogen) atoms. The van der Waals surface area contributed by atoms with Crippen molar-refractivity contribution in [2.75, 3.05) is 46.5 Å². The monoisotopic (exact) mass is 544 g/mol. The van der Waals surface area contributed by atoms with E-state index in [1.54, 1.807) is 7.11 Å². The predicted molar refractivity (Wildman–Crippen MR) is 136 cm³/mol. The summed E-state index contributed by atoms with van der Waals surface area (Å²) in [5.41, 5.74) is 1.25. The van der Waals surface area contributed by atoms with E-state index in [1.807, 2.05) is 35.2 Å². The number of methoxy groups -OCH3 is 1. The zero-order chi connectivity index (χ0) is 24.2. The number of amides is 1. The van der Waals surface area contributed by atoms with E-state index in [0.29, 0.717) is 19.1 Å². The Morgan fingerprint density at radius 2 is 1.86 bits per heavy atom. The summed E-state index contributed by atoms with van der Waals surface area (Å²) in [5, 5.41) is 0. The Kier molecular flexibility index (Phi) is 7.68. The van der Waals surface area contributed by atoms with Crippen LogP contribution in [-0.4, -0.2) is 74.5 Å². The maximum Gasteiger partial charge on any atom is 0.410 e. The molecule has 8 heteroatoms. The summed E-state index contributed by atoms with van der Waals surface area (Å²) in [5.74, 6) is 2.85. The van der Waals surface area contributed by atoms with Crippen molar-refractivity contribution in [1.29, 1.82) is 0 Å². The predicted octanol–water partition coefficient (Wildman–Crippen LogP) is 4.76. The topological polar surface area (TPSA) is 60.5 Å². The first-order valence-corrected chi connectivity index (χ1v) is 13.2. The number of fused-ring (bicyclic) bond motifs is 1. The van der Waals surface area contributed by atoms with Crippen LogP contribution in [0.5, 0.6) is 17.2 Å². The lowest BCUT2D eigenvalue weighted by Gasteiger charge is -2.36. The molecule has 7 nitrogen and oxygen atoms in total. The molecule has 0 aromatic heterocycles. The van der Waals surface area contributed by atoms with E-state index in [1.165, 1.54) is 5.56 Å². The number of nitrogens with zero attached hydrogens (tertiary/aromatic N) is 2. The number of piperidine rings is 1. The van der Waals surface area contributed by atoms with E-state index < -0.39 is 0 Å². The largest absolute Gasteiger partial charge is 0.495 e. The number of likely N-dealkylation sites (tertiary alicyclic amines) is 1. The summed E-state index contributed by atoms with van der Waals surface area (Å²) in [7, 11) is 1.65. The highest BCUT2D eigenvalue weighted by molar-refractivity contribution is 9.10. The van der Waals surface area contributed by atoms with Crippen molar-refractivity contribution >= 4 is 22.0 Å². The summed E-state index contributed by atoms with van der Waals surface area (Å²) < 4.78 is 23.8. The number of cyclic esters (lactones) is 1. The van der Waals surface area contributed by atoms with Gasteiger partial charge in [-0.3, -0.25) is 4.90 Å². The van der Waals surface area contributed by atoms with Crippen LogP contribution in [0.25, 0.3) is 0 Å². The Morgan fingerprint density at radius 3 is 2.63 bits per heavy atom. The van der Waals surface area contributed by atoms with Gasteiger partial charge in [-0.25, -0.2) is 4.79 Å². The van der Waals surface area contributed by atoms with Gasteiger partial charge in [-0.2, -0.15) is 0 Å². The van der Waals surface area contributed by atoms with E-state index in [-0.39, 0.29) is 18.2 Å². The number of carbonyl (C=O) groups is 1. The number of halogens is 1. The van der Waals surface area contributed by atoms with E-state index >= 15 is 0 Å². The number of rotatable bonds is 8. The van der Waals surface area contributed by atoms with E-state index in [0.717, 1.165) is 73.6 Å². The second-order valence-corrected chi connectivity index (χ2v) is 10.5. The van der Waals surface area contributed by atoms with Gasteiger partial charge in [-0.15, -0.1) is 0 Å². The number of hydrogen-bond donors (Lipinski definition) is 0. The summed E-state index contributed by atoms with van der Waals surface area (Å²) in [6.07, 6.45) is 3.98. The summed E-state index contributed by atoms with van der Waals surface area (Å²) in [4.78, 5) is 16.7. The van der Waals surface area contributed by atoms with Crippen LogP contribution in [0.3, 0.4) is 0 Å². The molecule has 188 valence electrons. The molecule has 2 unspecified atom stereocenters. The second-order valence-electron chi connectivity index (χ2n) is 9.63. The lowest BCUT2D eigenvalue weighted by molar-refractivity contribution is 0.0463. The molecule has 2 fully saturated rings. The Labute approximate surface area is 215 Å². The molecule has 5 rings (SSSR count). The molecule has 0 spiro atoms. The van der Waals surface area contributed by atoms with Crippen LogP contribution in [0, 0.1) is 5.92 Å². The Morgan fingerprint density at radius 1 is 1.06 bits per heavy atom. The second kappa shape index (κ2) is 11.1. The first-order valence-electron chi connectivity index (χ1n) is 12.5. The van der Waals surface area contributed by atoms with Crippen LogP contribution in [0.4, 0.5) is 4.79 Å². The molecule has 2 atom stereocenters. The van der Waals surface area contributed by atoms with E-state index in [2.05, 4.69) is 33.0 Å². The van der Waals surface area contributed by atoms with Crippen molar-refractivity contribution < 1.29 is 23.7 Å². The smallest absolute Gasteiger partial charge is 0.410 e. The van der Waals surface area contributed by atoms with Crippen molar-refractivity contribution in [2.45, 2.75) is 37.8 Å². The van der Waals surface area contributed by atoms with Gasteiger partial charge >= 0.3 is 6.09 Å². The number of benzene rings is 2. The van der Waals surface area contributed by atoms with Crippen molar-refractivity contribution in [2.24, 2.45) is 5.92 Å². The highest BCUT2D eigenvalue weighted by Crippen LogP contribution is 2.40. The molecule has 3 heterocycles. The highest BCUT2D eigenvalue weighted by Gasteiger charge is 2.34. The molecule has 0 bridgehead atoms. The molecule has 0 saturated carbocycles. The zero-order valence-corrected chi connectivity index (χ0v) is 21.7. The Balaban J connectivity index is 1.07. The molecule has 0 radical (unpaired) electrons. The van der Waals surface area contributed by atoms with Gasteiger partial charge < -0.3 is 23.8 Å². The fourth-order valence-electron chi connectivity index (χ4n) is 5.25. The van der Waals surface area contributed by atoms with Crippen LogP contribution >= 0.6 is 15.9 Å². The van der Waals surface area contributed by atoms with Gasteiger partial charge in [0.1, 0.15) is 25.1 Å². The normalized spacial score (nSPS) is 22.8. The minimum Gasteiger partial charge on any atom is -0.495 e. The van der Waals surface area contributed by atoms with Crippen molar-refractivity contribution in [3.63, 3.8) is 0 Å². The van der Waals surface area contributed by atoms with Gasteiger partial charge in [-0.1, -0.05) is 30.3 Å². The van der Waals surface area contributed by atoms with Gasteiger partial charge in [0, 0.05) is 25.2 Å². The van der Waals surface area contributed by atoms with E-state index in [4.69, 9.17) is 18.9 Å². The fraction of sp³-hybridized carbons (Fsp3) is 0.519. The number of carbonyl (C=O) groups excluding carboxylic acids is 1. The van der Waals surface area contributed by atoms with Gasteiger partial charge in [-0.05, 0) is 66.2 Å². The Hall–Kier alpha value is -2.45. The molecule has 0 N–H and O–H groups in total. The summed E-state index contributed by atoms with van der Waals surface area (Å²) in [6.45, 7) is 4.74. The molecule has 2 aromatic rings. The van der Waals surface area contributed by atoms with Gasteiger partial charge in [0.15, 0.2) is 11.5 Å². The van der Waals surface area contributed by atoms with Crippen molar-refractivity contribution in [1.82, 2.24) is 9.80 Å². The summed E-state index contributed by atoms with van der Waals surface area (Å²) >= 11 is 3.49. The van der Waals surface area contributed by atoms with Crippen LogP contribution < -0.4 is 14.2 Å². The molecular formula is C27H33BrN2O5. The van der Waals surface area contributed by atoms with Gasteiger partial charge in [0.05, 0.1) is 17.6 Å². The minimum atomic E-state index is -0.165. The SMILES string of the molecule is COc1cc2c(cc1Br)OCC(CN1CCC(CCN3C(=O)OCC3Cc3ccccc3)CC1)O2. The quantitative estimate of drug-likeness (QED) is 0.477. The third-order valence-electron chi connectivity index (χ3n) is 7.27. The third-order valence-corrected chi connectivity index (χ3v) is 7.89. The zero-order valence-electron chi connectivity index (χ0n) is 20.2. The molecule has 1 amide bonds. The van der Waals surface area contributed by atoms with Crippen molar-refractivity contribution in [3.8, 4) is 17.2 Å². The van der Waals surface area contributed by atoms with Gasteiger partial charge in [0.2, 0.25) is 0 Å². The van der Waals surface area contributed by atoms with Crippen LogP contribution in [-0.2, 0) is 11.2 Å². The number of ether oxygens (including phenoxy) is 4. The molecule has 3 aliphatic rings. The molecule has 3 aliphatic heterocycles. The van der Waals surface area contributed by atoms with Crippen LogP contribution in [0.15, 0.2) is 46.9 Å². The minimum absolute atomic E-state index is 0.00282. The molecule has 2 saturated heterocycles. The lowest BCUT2D eigenvalue weighted by Crippen LogP contribution is -2.44. The lowest BCUT2D eigenvalue weighted by atomic mass is 9.93. The standard InChI is InChI=1S/C27H33BrN2O5/c1-32-24-15-26-25(14-23(24)28)33-18-22(35-26)16-29-10-7-19(8-11-29)9-12-30-21(17-34-27(30)31)13-20-5-3-2-4-6-20/h2-6,14-15,19,21-22H,7-13,16-18H2,1H3. The Bertz CT molecular complexity index is 1010. The number of hydrogen-bond acceptors (Lipinski definition) is 6. The first-order chi connectivity index (χ1) is 17.1. The van der Waals surface area contributed by atoms with Crippen LogP contribution in [0.1, 0.15) is 24.8 Å². The van der Waals surface area contributed by atoms with Gasteiger partial charge in [0.25, 0.3) is 0 Å². The highest BCUT2D eigenvalue weighted by atomic mass is 79.9. The fourth-order valence-corrected chi connectivity index (χ4v) is 5.73. The maximum atomic E-state index is 12.3. The van der Waals surface area contributed by atoms with Crippen LogP contribution in [0.2, 0.25) is 0 Å². The average molecular weight is 545 g/mol. The summed E-state index contributed by atoms with van der Waals surface area (Å²) in [6, 6.07) is 14.3. The molecule has 2 aromatic carbocycles.